The molecule has 0 aliphatic carbocycles. The Balaban J connectivity index is 0.00000220. The number of likely N-dealkylation sites (N-methyl/N-ethyl adjacent to an activating group) is 1. The lowest BCUT2D eigenvalue weighted by Crippen LogP contribution is -2.43. The lowest BCUT2D eigenvalue weighted by atomic mass is 10.2. The van der Waals surface area contributed by atoms with Gasteiger partial charge in [0.25, 0.3) is 5.92 Å². The second-order valence-corrected chi connectivity index (χ2v) is 5.04. The third-order valence-corrected chi connectivity index (χ3v) is 3.37. The lowest BCUT2D eigenvalue weighted by molar-refractivity contribution is -0.123. The molecule has 0 radical (unpaired) electrons. The van der Waals surface area contributed by atoms with Crippen LogP contribution in [0.25, 0.3) is 0 Å². The zero-order valence-electron chi connectivity index (χ0n) is 12.2. The van der Waals surface area contributed by atoms with Gasteiger partial charge in [-0.15, -0.1) is 24.8 Å². The molecule has 1 unspecified atom stereocenters. The molecule has 0 bridgehead atoms. The van der Waals surface area contributed by atoms with Gasteiger partial charge in [0.15, 0.2) is 0 Å². The predicted octanol–water partition coefficient (Wildman–Crippen LogP) is 2.08. The summed E-state index contributed by atoms with van der Waals surface area (Å²) in [6, 6.07) is 8.98. The highest BCUT2D eigenvalue weighted by molar-refractivity contribution is 5.85. The minimum absolute atomic E-state index is 0. The van der Waals surface area contributed by atoms with E-state index in [0.29, 0.717) is 13.1 Å². The summed E-state index contributed by atoms with van der Waals surface area (Å²) in [6.07, 6.45) is -0.423. The van der Waals surface area contributed by atoms with Crippen LogP contribution >= 0.6 is 24.8 Å². The normalized spacial score (nSPS) is 18.8. The number of anilines is 1. The van der Waals surface area contributed by atoms with Gasteiger partial charge >= 0.3 is 0 Å². The van der Waals surface area contributed by atoms with Gasteiger partial charge in [0.1, 0.15) is 0 Å². The largest absolute Gasteiger partial charge is 0.373 e. The number of alkyl halides is 2. The molecule has 2 rings (SSSR count). The van der Waals surface area contributed by atoms with Crippen LogP contribution in [-0.4, -0.2) is 44.6 Å². The van der Waals surface area contributed by atoms with Crippen molar-refractivity contribution in [1.29, 1.82) is 0 Å². The Morgan fingerprint density at radius 3 is 2.55 bits per heavy atom. The van der Waals surface area contributed by atoms with Gasteiger partial charge in [0.2, 0.25) is 5.91 Å². The van der Waals surface area contributed by atoms with Gasteiger partial charge in [0, 0.05) is 32.2 Å². The maximum Gasteiger partial charge on any atom is 0.262 e. The quantitative estimate of drug-likeness (QED) is 0.849. The van der Waals surface area contributed by atoms with Crippen molar-refractivity contribution in [2.24, 2.45) is 0 Å². The molecule has 1 aliphatic heterocycles. The van der Waals surface area contributed by atoms with E-state index in [4.69, 9.17) is 0 Å². The Labute approximate surface area is 141 Å². The van der Waals surface area contributed by atoms with Crippen LogP contribution < -0.4 is 15.5 Å². The zero-order chi connectivity index (χ0) is 14.6. The van der Waals surface area contributed by atoms with Gasteiger partial charge in [-0.3, -0.25) is 10.1 Å². The van der Waals surface area contributed by atoms with E-state index in [0.717, 1.165) is 5.69 Å². The van der Waals surface area contributed by atoms with Gasteiger partial charge < -0.3 is 10.2 Å². The topological polar surface area (TPSA) is 44.4 Å². The molecule has 0 aromatic heterocycles. The molecule has 126 valence electrons. The van der Waals surface area contributed by atoms with Crippen LogP contribution in [0.1, 0.15) is 6.42 Å². The number of hydrogen-bond acceptors (Lipinski definition) is 3. The molecule has 0 spiro atoms. The van der Waals surface area contributed by atoms with Crippen molar-refractivity contribution in [3.63, 3.8) is 0 Å². The van der Waals surface area contributed by atoms with E-state index in [2.05, 4.69) is 10.6 Å². The van der Waals surface area contributed by atoms with Crippen molar-refractivity contribution in [3.8, 4) is 0 Å². The smallest absolute Gasteiger partial charge is 0.262 e. The fourth-order valence-electron chi connectivity index (χ4n) is 2.18. The lowest BCUT2D eigenvalue weighted by Gasteiger charge is -2.20. The number of para-hydroxylation sites is 1. The first-order valence-corrected chi connectivity index (χ1v) is 6.63. The SMILES string of the molecule is CN(CCNC(=O)C1CC(F)(F)CN1)c1ccccc1.Cl.Cl. The Morgan fingerprint density at radius 1 is 1.36 bits per heavy atom. The number of rotatable bonds is 5. The molecule has 0 saturated carbocycles. The summed E-state index contributed by atoms with van der Waals surface area (Å²) in [4.78, 5) is 13.7. The van der Waals surface area contributed by atoms with Gasteiger partial charge in [-0.1, -0.05) is 18.2 Å². The second kappa shape index (κ2) is 9.12. The number of nitrogens with one attached hydrogen (secondary N) is 2. The number of amides is 1. The summed E-state index contributed by atoms with van der Waals surface area (Å²) in [7, 11) is 1.92. The zero-order valence-corrected chi connectivity index (χ0v) is 13.9. The summed E-state index contributed by atoms with van der Waals surface area (Å²) < 4.78 is 26.0. The van der Waals surface area contributed by atoms with Crippen LogP contribution in [-0.2, 0) is 4.79 Å². The Hall–Kier alpha value is -1.11. The molecule has 22 heavy (non-hydrogen) atoms. The average Bonchev–Trinajstić information content (AvgIpc) is 2.80. The fourth-order valence-corrected chi connectivity index (χ4v) is 2.18. The van der Waals surface area contributed by atoms with Crippen molar-refractivity contribution in [3.05, 3.63) is 30.3 Å². The summed E-state index contributed by atoms with van der Waals surface area (Å²) in [5.74, 6) is -3.13. The Bertz CT molecular complexity index is 463. The summed E-state index contributed by atoms with van der Waals surface area (Å²) in [5.41, 5.74) is 1.05. The predicted molar refractivity (Wildman–Crippen MR) is 88.6 cm³/mol. The number of carbonyl (C=O) groups excluding carboxylic acids is 1. The molecular weight excluding hydrogens is 335 g/mol. The third-order valence-electron chi connectivity index (χ3n) is 3.37. The van der Waals surface area contributed by atoms with Gasteiger partial charge in [-0.05, 0) is 12.1 Å². The van der Waals surface area contributed by atoms with E-state index in [-0.39, 0.29) is 30.7 Å². The number of halogens is 4. The van der Waals surface area contributed by atoms with Crippen LogP contribution in [0.2, 0.25) is 0 Å². The van der Waals surface area contributed by atoms with Crippen molar-refractivity contribution in [1.82, 2.24) is 10.6 Å². The average molecular weight is 356 g/mol. The highest BCUT2D eigenvalue weighted by Gasteiger charge is 2.42. The molecule has 1 fully saturated rings. The molecule has 8 heteroatoms. The summed E-state index contributed by atoms with van der Waals surface area (Å²) >= 11 is 0. The van der Waals surface area contributed by atoms with Crippen molar-refractivity contribution in [2.75, 3.05) is 31.6 Å². The van der Waals surface area contributed by atoms with E-state index in [1.165, 1.54) is 0 Å². The van der Waals surface area contributed by atoms with Crippen LogP contribution in [0, 0.1) is 0 Å². The van der Waals surface area contributed by atoms with Crippen LogP contribution in [0.5, 0.6) is 0 Å². The maximum atomic E-state index is 13.0. The van der Waals surface area contributed by atoms with Gasteiger partial charge in [-0.2, -0.15) is 0 Å². The van der Waals surface area contributed by atoms with Crippen molar-refractivity contribution >= 4 is 36.4 Å². The number of nitrogens with zero attached hydrogens (tertiary/aromatic N) is 1. The molecule has 4 nitrogen and oxygen atoms in total. The van der Waals surface area contributed by atoms with E-state index >= 15 is 0 Å². The van der Waals surface area contributed by atoms with Crippen molar-refractivity contribution < 1.29 is 13.6 Å². The minimum Gasteiger partial charge on any atom is -0.373 e. The van der Waals surface area contributed by atoms with Crippen LogP contribution in [0.15, 0.2) is 30.3 Å². The van der Waals surface area contributed by atoms with Crippen LogP contribution in [0.4, 0.5) is 14.5 Å². The van der Waals surface area contributed by atoms with Gasteiger partial charge in [-0.25, -0.2) is 8.78 Å². The second-order valence-electron chi connectivity index (χ2n) is 5.04. The molecular formula is C14H21Cl2F2N3O. The molecule has 1 aromatic carbocycles. The molecule has 1 heterocycles. The van der Waals surface area contributed by atoms with E-state index in [1.54, 1.807) is 0 Å². The first-order chi connectivity index (χ1) is 9.48. The van der Waals surface area contributed by atoms with E-state index < -0.39 is 24.9 Å². The fraction of sp³-hybridized carbons (Fsp3) is 0.500. The molecule has 1 saturated heterocycles. The molecule has 1 amide bonds. The van der Waals surface area contributed by atoms with E-state index in [1.807, 2.05) is 42.3 Å². The van der Waals surface area contributed by atoms with Gasteiger partial charge in [0.05, 0.1) is 12.6 Å². The first kappa shape index (κ1) is 20.9. The molecule has 1 aliphatic rings. The first-order valence-electron chi connectivity index (χ1n) is 6.63. The number of hydrogen-bond donors (Lipinski definition) is 2. The number of carbonyl (C=O) groups is 1. The highest BCUT2D eigenvalue weighted by atomic mass is 35.5. The van der Waals surface area contributed by atoms with Crippen LogP contribution in [0.3, 0.4) is 0 Å². The van der Waals surface area contributed by atoms with Crippen molar-refractivity contribution in [2.45, 2.75) is 18.4 Å². The highest BCUT2D eigenvalue weighted by Crippen LogP contribution is 2.24. The van der Waals surface area contributed by atoms with E-state index in [9.17, 15) is 13.6 Å². The molecule has 1 atom stereocenters. The molecule has 2 N–H and O–H groups in total. The number of benzene rings is 1. The minimum atomic E-state index is -2.77. The summed E-state index contributed by atoms with van der Waals surface area (Å²) in [6.45, 7) is 0.627. The maximum absolute atomic E-state index is 13.0. The molecule has 1 aromatic rings. The third kappa shape index (κ3) is 5.94. The Kier molecular flexibility index (Phi) is 8.66. The summed E-state index contributed by atoms with van der Waals surface area (Å²) in [5, 5.41) is 5.23. The standard InChI is InChI=1S/C14H19F2N3O.2ClH/c1-19(11-5-3-2-4-6-11)8-7-17-13(20)12-9-14(15,16)10-18-12;;/h2-6,12,18H,7-10H2,1H3,(H,17,20);2*1H. The monoisotopic (exact) mass is 355 g/mol. The Morgan fingerprint density at radius 2 is 2.00 bits per heavy atom.